The van der Waals surface area contributed by atoms with Gasteiger partial charge in [0.2, 0.25) is 5.91 Å². The summed E-state index contributed by atoms with van der Waals surface area (Å²) in [7, 11) is -3.99. The SMILES string of the molecule is Cc1ccc(N(CC(=O)NCCOc2ccc3ccccc3c2)S(=O)(=O)c2ccccc2)cc1Cl. The smallest absolute Gasteiger partial charge is 0.264 e. The Morgan fingerprint density at radius 1 is 0.914 bits per heavy atom. The molecule has 1 amide bonds. The van der Waals surface area contributed by atoms with Crippen LogP contribution < -0.4 is 14.4 Å². The van der Waals surface area contributed by atoms with Crippen LogP contribution in [0, 0.1) is 6.92 Å². The first-order valence-electron chi connectivity index (χ1n) is 11.1. The Morgan fingerprint density at radius 2 is 1.63 bits per heavy atom. The van der Waals surface area contributed by atoms with E-state index in [0.29, 0.717) is 16.5 Å². The Balaban J connectivity index is 1.43. The predicted molar refractivity (Wildman–Crippen MR) is 140 cm³/mol. The molecule has 0 fully saturated rings. The molecule has 0 radical (unpaired) electrons. The van der Waals surface area contributed by atoms with Crippen molar-refractivity contribution in [1.29, 1.82) is 0 Å². The average Bonchev–Trinajstić information content (AvgIpc) is 2.87. The summed E-state index contributed by atoms with van der Waals surface area (Å²) in [5.74, 6) is 0.240. The summed E-state index contributed by atoms with van der Waals surface area (Å²) < 4.78 is 33.5. The van der Waals surface area contributed by atoms with Crippen LogP contribution >= 0.6 is 11.6 Å². The van der Waals surface area contributed by atoms with Crippen LogP contribution in [0.25, 0.3) is 10.8 Å². The number of rotatable bonds is 9. The van der Waals surface area contributed by atoms with E-state index in [1.807, 2.05) is 49.4 Å². The van der Waals surface area contributed by atoms with Gasteiger partial charge >= 0.3 is 0 Å². The minimum atomic E-state index is -3.99. The van der Waals surface area contributed by atoms with E-state index in [-0.39, 0.29) is 18.0 Å². The molecule has 35 heavy (non-hydrogen) atoms. The molecule has 0 saturated carbocycles. The number of fused-ring (bicyclic) bond motifs is 1. The highest BCUT2D eigenvalue weighted by molar-refractivity contribution is 7.92. The third kappa shape index (κ3) is 5.93. The number of carbonyl (C=O) groups is 1. The van der Waals surface area contributed by atoms with E-state index >= 15 is 0 Å². The van der Waals surface area contributed by atoms with Gasteiger partial charge in [-0.05, 0) is 59.7 Å². The molecule has 4 aromatic carbocycles. The van der Waals surface area contributed by atoms with E-state index in [2.05, 4.69) is 5.32 Å². The Hall–Kier alpha value is -3.55. The minimum absolute atomic E-state index is 0.0872. The van der Waals surface area contributed by atoms with Crippen LogP contribution in [-0.2, 0) is 14.8 Å². The highest BCUT2D eigenvalue weighted by atomic mass is 35.5. The van der Waals surface area contributed by atoms with Crippen LogP contribution in [0.5, 0.6) is 5.75 Å². The number of amides is 1. The van der Waals surface area contributed by atoms with E-state index in [0.717, 1.165) is 20.6 Å². The van der Waals surface area contributed by atoms with Gasteiger partial charge in [-0.15, -0.1) is 0 Å². The molecule has 8 heteroatoms. The van der Waals surface area contributed by atoms with Crippen LogP contribution in [0.15, 0.2) is 95.9 Å². The maximum atomic E-state index is 13.4. The summed E-state index contributed by atoms with van der Waals surface area (Å²) >= 11 is 6.25. The van der Waals surface area contributed by atoms with Crippen LogP contribution in [0.3, 0.4) is 0 Å². The number of benzene rings is 4. The zero-order valence-electron chi connectivity index (χ0n) is 19.1. The molecule has 0 aliphatic rings. The first-order chi connectivity index (χ1) is 16.8. The van der Waals surface area contributed by atoms with Crippen molar-refractivity contribution in [3.8, 4) is 5.75 Å². The van der Waals surface area contributed by atoms with Crippen molar-refractivity contribution in [2.45, 2.75) is 11.8 Å². The molecule has 0 spiro atoms. The van der Waals surface area contributed by atoms with Crippen molar-refractivity contribution in [1.82, 2.24) is 5.32 Å². The largest absolute Gasteiger partial charge is 0.492 e. The summed E-state index contributed by atoms with van der Waals surface area (Å²) in [6, 6.07) is 26.6. The fourth-order valence-electron chi connectivity index (χ4n) is 3.57. The van der Waals surface area contributed by atoms with Crippen LogP contribution in [-0.4, -0.2) is 34.0 Å². The second-order valence-corrected chi connectivity index (χ2v) is 10.2. The zero-order chi connectivity index (χ0) is 24.8. The Bertz CT molecular complexity index is 1440. The quantitative estimate of drug-likeness (QED) is 0.316. The minimum Gasteiger partial charge on any atom is -0.492 e. The fraction of sp³-hybridized carbons (Fsp3) is 0.148. The van der Waals surface area contributed by atoms with Gasteiger partial charge in [0.15, 0.2) is 0 Å². The second kappa shape index (κ2) is 10.8. The number of nitrogens with one attached hydrogen (secondary N) is 1. The lowest BCUT2D eigenvalue weighted by molar-refractivity contribution is -0.119. The lowest BCUT2D eigenvalue weighted by Crippen LogP contribution is -2.41. The third-order valence-corrected chi connectivity index (χ3v) is 7.67. The molecule has 0 saturated heterocycles. The van der Waals surface area contributed by atoms with E-state index in [9.17, 15) is 13.2 Å². The lowest BCUT2D eigenvalue weighted by atomic mass is 10.1. The number of hydrogen-bond donors (Lipinski definition) is 1. The number of anilines is 1. The maximum Gasteiger partial charge on any atom is 0.264 e. The Labute approximate surface area is 210 Å². The number of sulfonamides is 1. The molecule has 4 aromatic rings. The number of halogens is 1. The monoisotopic (exact) mass is 508 g/mol. The summed E-state index contributed by atoms with van der Waals surface area (Å²) in [5.41, 5.74) is 1.12. The molecule has 180 valence electrons. The summed E-state index contributed by atoms with van der Waals surface area (Å²) in [6.45, 7) is 1.89. The zero-order valence-corrected chi connectivity index (χ0v) is 20.7. The summed E-state index contributed by atoms with van der Waals surface area (Å²) in [6.07, 6.45) is 0. The predicted octanol–water partition coefficient (Wildman–Crippen LogP) is 5.19. The topological polar surface area (TPSA) is 75.7 Å². The van der Waals surface area contributed by atoms with Crippen molar-refractivity contribution in [3.05, 3.63) is 102 Å². The van der Waals surface area contributed by atoms with Gasteiger partial charge < -0.3 is 10.1 Å². The molecule has 0 atom stereocenters. The van der Waals surface area contributed by atoms with Gasteiger partial charge in [-0.1, -0.05) is 66.2 Å². The number of nitrogens with zero attached hydrogens (tertiary/aromatic N) is 1. The standard InChI is InChI=1S/C27H25ClN2O4S/c1-20-11-13-23(18-26(20)28)30(35(32,33)25-9-3-2-4-10-25)19-27(31)29-15-16-34-24-14-12-21-7-5-6-8-22(21)17-24/h2-14,17-18H,15-16,19H2,1H3,(H,29,31). The van der Waals surface area contributed by atoms with Gasteiger partial charge in [0.25, 0.3) is 10.0 Å². The Kier molecular flexibility index (Phi) is 7.58. The molecule has 0 aliphatic heterocycles. The van der Waals surface area contributed by atoms with Gasteiger partial charge in [-0.25, -0.2) is 8.42 Å². The number of carbonyl (C=O) groups excluding carboxylic acids is 1. The average molecular weight is 509 g/mol. The third-order valence-electron chi connectivity index (χ3n) is 5.48. The number of hydrogen-bond acceptors (Lipinski definition) is 4. The van der Waals surface area contributed by atoms with E-state index < -0.39 is 22.5 Å². The summed E-state index contributed by atoms with van der Waals surface area (Å²) in [5, 5.41) is 5.33. The molecule has 0 bridgehead atoms. The molecule has 0 aliphatic carbocycles. The summed E-state index contributed by atoms with van der Waals surface area (Å²) in [4.78, 5) is 12.8. The van der Waals surface area contributed by atoms with Crippen molar-refractivity contribution in [2.24, 2.45) is 0 Å². The maximum absolute atomic E-state index is 13.4. The van der Waals surface area contributed by atoms with Crippen molar-refractivity contribution < 1.29 is 17.9 Å². The molecule has 0 heterocycles. The van der Waals surface area contributed by atoms with Gasteiger partial charge in [0.1, 0.15) is 18.9 Å². The first-order valence-corrected chi connectivity index (χ1v) is 12.9. The van der Waals surface area contributed by atoms with Crippen LogP contribution in [0.2, 0.25) is 5.02 Å². The van der Waals surface area contributed by atoms with E-state index in [1.165, 1.54) is 12.1 Å². The van der Waals surface area contributed by atoms with Crippen LogP contribution in [0.4, 0.5) is 5.69 Å². The van der Waals surface area contributed by atoms with E-state index in [1.54, 1.807) is 36.4 Å². The number of aryl methyl sites for hydroxylation is 1. The van der Waals surface area contributed by atoms with Gasteiger partial charge in [-0.3, -0.25) is 9.10 Å². The molecular formula is C27H25ClN2O4S. The van der Waals surface area contributed by atoms with E-state index in [4.69, 9.17) is 16.3 Å². The molecular weight excluding hydrogens is 484 g/mol. The molecule has 6 nitrogen and oxygen atoms in total. The highest BCUT2D eigenvalue weighted by Crippen LogP contribution is 2.28. The van der Waals surface area contributed by atoms with Gasteiger partial charge in [0.05, 0.1) is 17.1 Å². The van der Waals surface area contributed by atoms with Crippen molar-refractivity contribution in [3.63, 3.8) is 0 Å². The van der Waals surface area contributed by atoms with Crippen molar-refractivity contribution >= 4 is 44.0 Å². The first kappa shape index (κ1) is 24.6. The number of ether oxygens (including phenoxy) is 1. The normalized spacial score (nSPS) is 11.3. The molecule has 1 N–H and O–H groups in total. The van der Waals surface area contributed by atoms with Gasteiger partial charge in [0, 0.05) is 5.02 Å². The Morgan fingerprint density at radius 3 is 2.37 bits per heavy atom. The molecule has 4 rings (SSSR count). The highest BCUT2D eigenvalue weighted by Gasteiger charge is 2.27. The molecule has 0 unspecified atom stereocenters. The second-order valence-electron chi connectivity index (χ2n) is 7.97. The lowest BCUT2D eigenvalue weighted by Gasteiger charge is -2.24. The fourth-order valence-corrected chi connectivity index (χ4v) is 5.18. The van der Waals surface area contributed by atoms with Gasteiger partial charge in [-0.2, -0.15) is 0 Å². The van der Waals surface area contributed by atoms with Crippen molar-refractivity contribution in [2.75, 3.05) is 24.0 Å². The van der Waals surface area contributed by atoms with Crippen LogP contribution in [0.1, 0.15) is 5.56 Å². The molecule has 0 aromatic heterocycles.